The standard InChI is InChI=1S/C10H8F3NO4/c11-10(12,13)18-7-3-1-6(2-4-7)8(15)5-14-9(16)17/h1-4,14H,5H2,(H,16,17). The fraction of sp³-hybridized carbons (Fsp3) is 0.200. The van der Waals surface area contributed by atoms with Crippen molar-refractivity contribution < 1.29 is 32.6 Å². The van der Waals surface area contributed by atoms with Crippen LogP contribution in [-0.2, 0) is 0 Å². The van der Waals surface area contributed by atoms with Crippen LogP contribution in [0.2, 0.25) is 0 Å². The molecule has 1 aromatic carbocycles. The molecule has 0 heterocycles. The topological polar surface area (TPSA) is 75.6 Å². The normalized spacial score (nSPS) is 10.8. The molecule has 8 heteroatoms. The number of ether oxygens (including phenoxy) is 1. The molecule has 1 amide bonds. The average molecular weight is 263 g/mol. The van der Waals surface area contributed by atoms with E-state index in [1.165, 1.54) is 0 Å². The van der Waals surface area contributed by atoms with Crippen LogP contribution in [0.5, 0.6) is 5.75 Å². The first kappa shape index (κ1) is 13.8. The lowest BCUT2D eigenvalue weighted by Gasteiger charge is -2.08. The van der Waals surface area contributed by atoms with Crippen molar-refractivity contribution in [1.29, 1.82) is 0 Å². The molecule has 1 aromatic rings. The maximum absolute atomic E-state index is 11.8. The molecule has 0 saturated heterocycles. The Morgan fingerprint density at radius 1 is 1.22 bits per heavy atom. The van der Waals surface area contributed by atoms with Crippen LogP contribution in [0.25, 0.3) is 0 Å². The molecular weight excluding hydrogens is 255 g/mol. The second-order valence-corrected chi connectivity index (χ2v) is 3.15. The predicted molar refractivity (Wildman–Crippen MR) is 53.5 cm³/mol. The van der Waals surface area contributed by atoms with Crippen molar-refractivity contribution in [3.8, 4) is 5.75 Å². The number of alkyl halides is 3. The molecule has 5 nitrogen and oxygen atoms in total. The number of amides is 1. The number of nitrogens with one attached hydrogen (secondary N) is 1. The van der Waals surface area contributed by atoms with Crippen LogP contribution in [0.1, 0.15) is 10.4 Å². The maximum atomic E-state index is 11.8. The van der Waals surface area contributed by atoms with E-state index >= 15 is 0 Å². The number of carboxylic acid groups (broad SMARTS) is 1. The van der Waals surface area contributed by atoms with E-state index in [2.05, 4.69) is 4.74 Å². The largest absolute Gasteiger partial charge is 0.573 e. The Bertz CT molecular complexity index is 441. The SMILES string of the molecule is O=C(O)NCC(=O)c1ccc(OC(F)(F)F)cc1. The summed E-state index contributed by atoms with van der Waals surface area (Å²) in [5.74, 6) is -1.01. The molecule has 0 aliphatic heterocycles. The number of Topliss-reactive ketones (excluding diaryl/α,β-unsaturated/α-hetero) is 1. The summed E-state index contributed by atoms with van der Waals surface area (Å²) in [6.45, 7) is -0.450. The second-order valence-electron chi connectivity index (χ2n) is 3.15. The van der Waals surface area contributed by atoms with E-state index in [-0.39, 0.29) is 5.56 Å². The highest BCUT2D eigenvalue weighted by Crippen LogP contribution is 2.22. The van der Waals surface area contributed by atoms with E-state index in [1.807, 2.05) is 5.32 Å². The highest BCUT2D eigenvalue weighted by Gasteiger charge is 2.31. The van der Waals surface area contributed by atoms with E-state index in [0.29, 0.717) is 0 Å². The van der Waals surface area contributed by atoms with Gasteiger partial charge in [0.05, 0.1) is 6.54 Å². The zero-order valence-electron chi connectivity index (χ0n) is 8.82. The zero-order valence-corrected chi connectivity index (χ0v) is 8.82. The van der Waals surface area contributed by atoms with Gasteiger partial charge in [0.1, 0.15) is 5.75 Å². The summed E-state index contributed by atoms with van der Waals surface area (Å²) in [7, 11) is 0. The van der Waals surface area contributed by atoms with Gasteiger partial charge in [-0.15, -0.1) is 13.2 Å². The molecule has 0 radical (unpaired) electrons. The minimum atomic E-state index is -4.80. The van der Waals surface area contributed by atoms with Gasteiger partial charge in [-0.25, -0.2) is 4.79 Å². The molecule has 0 spiro atoms. The first-order valence-electron chi connectivity index (χ1n) is 4.64. The Morgan fingerprint density at radius 2 is 1.78 bits per heavy atom. The number of hydrogen-bond donors (Lipinski definition) is 2. The number of rotatable bonds is 4. The van der Waals surface area contributed by atoms with Crippen molar-refractivity contribution in [3.63, 3.8) is 0 Å². The lowest BCUT2D eigenvalue weighted by Crippen LogP contribution is -2.27. The van der Waals surface area contributed by atoms with Crippen molar-refractivity contribution in [2.24, 2.45) is 0 Å². The third-order valence-electron chi connectivity index (χ3n) is 1.81. The van der Waals surface area contributed by atoms with Crippen molar-refractivity contribution in [1.82, 2.24) is 5.32 Å². The number of hydrogen-bond acceptors (Lipinski definition) is 3. The number of carbonyl (C=O) groups is 2. The number of halogens is 3. The quantitative estimate of drug-likeness (QED) is 0.815. The lowest BCUT2D eigenvalue weighted by molar-refractivity contribution is -0.274. The molecule has 0 atom stereocenters. The molecule has 0 aliphatic rings. The molecule has 0 bridgehead atoms. The van der Waals surface area contributed by atoms with Crippen LogP contribution in [-0.4, -0.2) is 29.9 Å². The Kier molecular flexibility index (Phi) is 4.13. The number of carbonyl (C=O) groups excluding carboxylic acids is 1. The van der Waals surface area contributed by atoms with Gasteiger partial charge in [-0.3, -0.25) is 4.79 Å². The van der Waals surface area contributed by atoms with E-state index in [0.717, 1.165) is 24.3 Å². The molecule has 1 rings (SSSR count). The Labute approximate surface area is 99.2 Å². The molecule has 0 unspecified atom stereocenters. The van der Waals surface area contributed by atoms with Crippen molar-refractivity contribution in [2.45, 2.75) is 6.36 Å². The van der Waals surface area contributed by atoms with Crippen LogP contribution >= 0.6 is 0 Å². The molecule has 0 aliphatic carbocycles. The predicted octanol–water partition coefficient (Wildman–Crippen LogP) is 2.04. The second kappa shape index (κ2) is 5.39. The minimum Gasteiger partial charge on any atom is -0.465 e. The molecule has 0 aromatic heterocycles. The van der Waals surface area contributed by atoms with E-state index < -0.39 is 30.5 Å². The first-order chi connectivity index (χ1) is 8.28. The van der Waals surface area contributed by atoms with Gasteiger partial charge in [0.25, 0.3) is 0 Å². The molecular formula is C10H8F3NO4. The summed E-state index contributed by atoms with van der Waals surface area (Å²) in [6.07, 6.45) is -6.16. The number of benzene rings is 1. The van der Waals surface area contributed by atoms with Crippen molar-refractivity contribution in [3.05, 3.63) is 29.8 Å². The summed E-state index contributed by atoms with van der Waals surface area (Å²) in [4.78, 5) is 21.5. The molecule has 98 valence electrons. The molecule has 0 fully saturated rings. The monoisotopic (exact) mass is 263 g/mol. The van der Waals surface area contributed by atoms with Crippen LogP contribution in [0.15, 0.2) is 24.3 Å². The summed E-state index contributed by atoms with van der Waals surface area (Å²) < 4.78 is 39.2. The summed E-state index contributed by atoms with van der Waals surface area (Å²) >= 11 is 0. The van der Waals surface area contributed by atoms with Gasteiger partial charge in [0.15, 0.2) is 5.78 Å². The highest BCUT2D eigenvalue weighted by atomic mass is 19.4. The minimum absolute atomic E-state index is 0.0817. The van der Waals surface area contributed by atoms with Crippen LogP contribution in [0.3, 0.4) is 0 Å². The highest BCUT2D eigenvalue weighted by molar-refractivity contribution is 5.98. The van der Waals surface area contributed by atoms with Crippen LogP contribution < -0.4 is 10.1 Å². The van der Waals surface area contributed by atoms with E-state index in [1.54, 1.807) is 0 Å². The van der Waals surface area contributed by atoms with Gasteiger partial charge in [-0.05, 0) is 24.3 Å². The van der Waals surface area contributed by atoms with Crippen molar-refractivity contribution in [2.75, 3.05) is 6.54 Å². The van der Waals surface area contributed by atoms with Gasteiger partial charge in [0.2, 0.25) is 0 Å². The van der Waals surface area contributed by atoms with Gasteiger partial charge >= 0.3 is 12.5 Å². The molecule has 0 saturated carbocycles. The van der Waals surface area contributed by atoms with E-state index in [9.17, 15) is 22.8 Å². The lowest BCUT2D eigenvalue weighted by atomic mass is 10.1. The maximum Gasteiger partial charge on any atom is 0.573 e. The summed E-state index contributed by atoms with van der Waals surface area (Å²) in [5, 5.41) is 10.1. The first-order valence-corrected chi connectivity index (χ1v) is 4.64. The van der Waals surface area contributed by atoms with Gasteiger partial charge < -0.3 is 15.2 Å². The van der Waals surface area contributed by atoms with Gasteiger partial charge in [-0.1, -0.05) is 0 Å². The van der Waals surface area contributed by atoms with Gasteiger partial charge in [0, 0.05) is 5.56 Å². The fourth-order valence-corrected chi connectivity index (χ4v) is 1.10. The summed E-state index contributed by atoms with van der Waals surface area (Å²) in [6, 6.07) is 4.18. The Balaban J connectivity index is 2.65. The van der Waals surface area contributed by atoms with Crippen LogP contribution in [0.4, 0.5) is 18.0 Å². The van der Waals surface area contributed by atoms with E-state index in [4.69, 9.17) is 5.11 Å². The van der Waals surface area contributed by atoms with Crippen molar-refractivity contribution >= 4 is 11.9 Å². The smallest absolute Gasteiger partial charge is 0.465 e. The zero-order chi connectivity index (χ0) is 13.8. The van der Waals surface area contributed by atoms with Crippen LogP contribution in [0, 0.1) is 0 Å². The summed E-state index contributed by atoms with van der Waals surface area (Å²) in [5.41, 5.74) is 0.0817. The Hall–Kier alpha value is -2.25. The third kappa shape index (κ3) is 4.73. The third-order valence-corrected chi connectivity index (χ3v) is 1.81. The fourth-order valence-electron chi connectivity index (χ4n) is 1.10. The molecule has 18 heavy (non-hydrogen) atoms. The Morgan fingerprint density at radius 3 is 2.22 bits per heavy atom. The average Bonchev–Trinajstić information content (AvgIpc) is 2.24. The van der Waals surface area contributed by atoms with Gasteiger partial charge in [-0.2, -0.15) is 0 Å². The number of ketones is 1. The molecule has 2 N–H and O–H groups in total.